The molecule has 5 N–H and O–H groups in total. The number of nitrogens with zero attached hydrogens (tertiary/aromatic N) is 1. The highest BCUT2D eigenvalue weighted by Gasteiger charge is 2.01. The van der Waals surface area contributed by atoms with Gasteiger partial charge in [0.1, 0.15) is 0 Å². The first kappa shape index (κ1) is 37.8. The number of hydrogen-bond acceptors (Lipinski definition) is 6. The van der Waals surface area contributed by atoms with Crippen LogP contribution >= 0.6 is 0 Å². The summed E-state index contributed by atoms with van der Waals surface area (Å²) in [6.07, 6.45) is 0. The number of rotatable bonds is 13. The Kier molecular flexibility index (Phi) is 56.0. The predicted octanol–water partition coefficient (Wildman–Crippen LogP) is 1.64. The van der Waals surface area contributed by atoms with E-state index in [1.165, 1.54) is 0 Å². The molecule has 6 nitrogen and oxygen atoms in total. The maximum Gasteiger partial charge on any atom is 0.0700 e. The fourth-order valence-electron chi connectivity index (χ4n) is 1.45. The molecule has 0 fully saturated rings. The van der Waals surface area contributed by atoms with Crippen LogP contribution in [0.25, 0.3) is 0 Å². The fraction of sp³-hybridized carbons (Fsp3) is 1.00. The van der Waals surface area contributed by atoms with Crippen LogP contribution in [0, 0.1) is 0 Å². The maximum absolute atomic E-state index is 5.52. The van der Waals surface area contributed by atoms with Crippen molar-refractivity contribution in [2.45, 2.75) is 37.1 Å². The molecule has 0 aromatic rings. The van der Waals surface area contributed by atoms with Gasteiger partial charge in [0.05, 0.1) is 19.8 Å². The first-order valence-electron chi connectivity index (χ1n) is 6.25. The molecular weight excluding hydrogens is 280 g/mol. The van der Waals surface area contributed by atoms with Crippen molar-refractivity contribution in [2.24, 2.45) is 11.5 Å². The van der Waals surface area contributed by atoms with Gasteiger partial charge in [0, 0.05) is 52.9 Å². The monoisotopic (exact) mass is 328 g/mol. The van der Waals surface area contributed by atoms with E-state index in [9.17, 15) is 0 Å². The largest absolute Gasteiger partial charge is 0.382 e. The molecule has 22 heavy (non-hydrogen) atoms. The fourth-order valence-corrected chi connectivity index (χ4v) is 1.45. The van der Waals surface area contributed by atoms with E-state index in [0.717, 1.165) is 39.3 Å². The molecule has 0 unspecified atom stereocenters. The zero-order chi connectivity index (χ0) is 12.8. The lowest BCUT2D eigenvalue weighted by Crippen LogP contribution is -2.39. The van der Waals surface area contributed by atoms with Crippen LogP contribution in [0.4, 0.5) is 0 Å². The molecule has 0 atom stereocenters. The standard InChI is InChI=1S/C11H28N4O2.5CH4/c1-16-10-11-17-9-5-14-4-8-15(6-2-12)7-3-13;;;;;/h14H,2-13H2,1H3;5*1H4. The molecule has 0 saturated heterocycles. The van der Waals surface area contributed by atoms with Crippen molar-refractivity contribution in [1.82, 2.24) is 10.2 Å². The summed E-state index contributed by atoms with van der Waals surface area (Å²) in [5.74, 6) is 0. The number of nitrogens with two attached hydrogens (primary N) is 2. The molecule has 0 aliphatic heterocycles. The van der Waals surface area contributed by atoms with Crippen LogP contribution < -0.4 is 16.8 Å². The minimum absolute atomic E-state index is 0. The van der Waals surface area contributed by atoms with E-state index in [4.69, 9.17) is 20.9 Å². The van der Waals surface area contributed by atoms with E-state index in [1.807, 2.05) is 0 Å². The summed E-state index contributed by atoms with van der Waals surface area (Å²) in [5, 5.41) is 3.32. The van der Waals surface area contributed by atoms with Gasteiger partial charge in [-0.15, -0.1) is 0 Å². The number of ether oxygens (including phenoxy) is 2. The molecule has 144 valence electrons. The van der Waals surface area contributed by atoms with Gasteiger partial charge in [0.2, 0.25) is 0 Å². The zero-order valence-corrected chi connectivity index (χ0v) is 11.0. The van der Waals surface area contributed by atoms with Gasteiger partial charge in [-0.2, -0.15) is 0 Å². The smallest absolute Gasteiger partial charge is 0.0700 e. The summed E-state index contributed by atoms with van der Waals surface area (Å²) in [5.41, 5.74) is 11.0. The Balaban J connectivity index is -0.000000128. The second-order valence-electron chi connectivity index (χ2n) is 3.77. The SMILES string of the molecule is C.C.C.C.C.COCCOCCNCCN(CCN)CCN. The Morgan fingerprint density at radius 1 is 0.773 bits per heavy atom. The summed E-state index contributed by atoms with van der Waals surface area (Å²) in [4.78, 5) is 2.26. The van der Waals surface area contributed by atoms with Crippen molar-refractivity contribution in [3.8, 4) is 0 Å². The Bertz CT molecular complexity index is 146. The molecular formula is C16H48N4O2. The highest BCUT2D eigenvalue weighted by molar-refractivity contribution is 4.60. The van der Waals surface area contributed by atoms with Crippen molar-refractivity contribution in [3.63, 3.8) is 0 Å². The van der Waals surface area contributed by atoms with Crippen molar-refractivity contribution >= 4 is 0 Å². The van der Waals surface area contributed by atoms with Gasteiger partial charge in [-0.1, -0.05) is 37.1 Å². The zero-order valence-electron chi connectivity index (χ0n) is 11.0. The van der Waals surface area contributed by atoms with E-state index < -0.39 is 0 Å². The molecule has 0 aliphatic rings. The number of nitrogens with one attached hydrogen (secondary N) is 1. The third kappa shape index (κ3) is 28.0. The second-order valence-corrected chi connectivity index (χ2v) is 3.77. The lowest BCUT2D eigenvalue weighted by Gasteiger charge is -2.20. The minimum Gasteiger partial charge on any atom is -0.382 e. The molecule has 0 saturated carbocycles. The lowest BCUT2D eigenvalue weighted by atomic mass is 10.4. The van der Waals surface area contributed by atoms with Gasteiger partial charge in [-0.05, 0) is 0 Å². The van der Waals surface area contributed by atoms with Gasteiger partial charge < -0.3 is 26.3 Å². The molecule has 0 heterocycles. The quantitative estimate of drug-likeness (QED) is 0.446. The number of hydrogen-bond donors (Lipinski definition) is 3. The Labute approximate surface area is 141 Å². The Morgan fingerprint density at radius 2 is 1.32 bits per heavy atom. The molecule has 0 rings (SSSR count). The highest BCUT2D eigenvalue weighted by Crippen LogP contribution is 1.84. The molecule has 0 bridgehead atoms. The van der Waals surface area contributed by atoms with Crippen LogP contribution in [-0.2, 0) is 9.47 Å². The molecule has 0 aromatic heterocycles. The van der Waals surface area contributed by atoms with Crippen LogP contribution in [0.5, 0.6) is 0 Å². The van der Waals surface area contributed by atoms with Gasteiger partial charge in [0.25, 0.3) is 0 Å². The number of methoxy groups -OCH3 is 1. The predicted molar refractivity (Wildman–Crippen MR) is 104 cm³/mol. The average molecular weight is 329 g/mol. The highest BCUT2D eigenvalue weighted by atomic mass is 16.5. The minimum atomic E-state index is 0. The van der Waals surface area contributed by atoms with Crippen LogP contribution in [0.15, 0.2) is 0 Å². The van der Waals surface area contributed by atoms with Crippen molar-refractivity contribution in [1.29, 1.82) is 0 Å². The van der Waals surface area contributed by atoms with Crippen LogP contribution in [-0.4, -0.2) is 77.6 Å². The molecule has 0 aromatic carbocycles. The molecule has 6 heteroatoms. The summed E-state index contributed by atoms with van der Waals surface area (Å²) >= 11 is 0. The van der Waals surface area contributed by atoms with Gasteiger partial charge in [-0.3, -0.25) is 4.90 Å². The van der Waals surface area contributed by atoms with E-state index >= 15 is 0 Å². The third-order valence-electron chi connectivity index (χ3n) is 2.35. The van der Waals surface area contributed by atoms with Gasteiger partial charge >= 0.3 is 0 Å². The Morgan fingerprint density at radius 3 is 1.77 bits per heavy atom. The van der Waals surface area contributed by atoms with Gasteiger partial charge in [-0.25, -0.2) is 0 Å². The molecule has 0 spiro atoms. The summed E-state index contributed by atoms with van der Waals surface area (Å²) in [6.45, 7) is 7.98. The lowest BCUT2D eigenvalue weighted by molar-refractivity contribution is 0.0718. The van der Waals surface area contributed by atoms with Crippen LogP contribution in [0.1, 0.15) is 37.1 Å². The van der Waals surface area contributed by atoms with E-state index in [0.29, 0.717) is 26.3 Å². The molecule has 0 amide bonds. The summed E-state index contributed by atoms with van der Waals surface area (Å²) in [6, 6.07) is 0. The summed E-state index contributed by atoms with van der Waals surface area (Å²) in [7, 11) is 1.67. The van der Waals surface area contributed by atoms with E-state index in [2.05, 4.69) is 10.2 Å². The summed E-state index contributed by atoms with van der Waals surface area (Å²) < 4.78 is 10.2. The maximum atomic E-state index is 5.52. The second kappa shape index (κ2) is 32.6. The molecule has 0 radical (unpaired) electrons. The first-order chi connectivity index (χ1) is 8.35. The van der Waals surface area contributed by atoms with Crippen LogP contribution in [0.2, 0.25) is 0 Å². The van der Waals surface area contributed by atoms with Gasteiger partial charge in [0.15, 0.2) is 0 Å². The van der Waals surface area contributed by atoms with E-state index in [-0.39, 0.29) is 37.1 Å². The Hall–Kier alpha value is -0.240. The first-order valence-corrected chi connectivity index (χ1v) is 6.25. The van der Waals surface area contributed by atoms with Crippen LogP contribution in [0.3, 0.4) is 0 Å². The molecule has 0 aliphatic carbocycles. The van der Waals surface area contributed by atoms with Crippen molar-refractivity contribution < 1.29 is 9.47 Å². The topological polar surface area (TPSA) is 85.8 Å². The van der Waals surface area contributed by atoms with Crippen molar-refractivity contribution in [3.05, 3.63) is 0 Å². The third-order valence-corrected chi connectivity index (χ3v) is 2.35. The average Bonchev–Trinajstić information content (AvgIpc) is 2.33. The van der Waals surface area contributed by atoms with E-state index in [1.54, 1.807) is 7.11 Å². The normalized spacial score (nSPS) is 8.73. The van der Waals surface area contributed by atoms with Crippen molar-refractivity contribution in [2.75, 3.05) is 72.7 Å².